The van der Waals surface area contributed by atoms with Gasteiger partial charge in [-0.2, -0.15) is 0 Å². The van der Waals surface area contributed by atoms with Gasteiger partial charge in [0.1, 0.15) is 5.82 Å². The maximum atomic E-state index is 13.3. The molecule has 6 heteroatoms. The highest BCUT2D eigenvalue weighted by Gasteiger charge is 2.33. The molecule has 0 saturated carbocycles. The van der Waals surface area contributed by atoms with Crippen molar-refractivity contribution in [2.24, 2.45) is 0 Å². The lowest BCUT2D eigenvalue weighted by molar-refractivity contribution is 0.562. The van der Waals surface area contributed by atoms with E-state index in [1.54, 1.807) is 6.07 Å². The number of benzene rings is 2. The molecule has 3 rings (SSSR count). The van der Waals surface area contributed by atoms with Crippen LogP contribution in [0.5, 0.6) is 0 Å². The van der Waals surface area contributed by atoms with Gasteiger partial charge in [-0.25, -0.2) is 12.8 Å². The van der Waals surface area contributed by atoms with E-state index in [0.717, 1.165) is 30.5 Å². The quantitative estimate of drug-likeness (QED) is 0.829. The molecule has 0 N–H and O–H groups in total. The molecule has 3 nitrogen and oxygen atoms in total. The third-order valence-electron chi connectivity index (χ3n) is 3.91. The molecule has 0 amide bonds. The molecule has 0 spiro atoms. The molecule has 0 bridgehead atoms. The summed E-state index contributed by atoms with van der Waals surface area (Å²) in [5, 5.41) is -0.195. The van der Waals surface area contributed by atoms with Gasteiger partial charge in [0.25, 0.3) is 10.0 Å². The van der Waals surface area contributed by atoms with Crippen LogP contribution in [0.1, 0.15) is 18.9 Å². The van der Waals surface area contributed by atoms with Crippen molar-refractivity contribution in [2.45, 2.75) is 30.7 Å². The first-order chi connectivity index (χ1) is 10.4. The molecule has 2 aromatic rings. The molecule has 0 aliphatic carbocycles. The number of sulfonamides is 1. The highest BCUT2D eigenvalue weighted by molar-refractivity contribution is 7.92. The molecule has 0 unspecified atom stereocenters. The topological polar surface area (TPSA) is 37.4 Å². The van der Waals surface area contributed by atoms with Crippen molar-refractivity contribution in [3.63, 3.8) is 0 Å². The zero-order valence-electron chi connectivity index (χ0n) is 12.0. The summed E-state index contributed by atoms with van der Waals surface area (Å²) < 4.78 is 40.7. The molecule has 1 atom stereocenters. The zero-order chi connectivity index (χ0) is 15.9. The van der Waals surface area contributed by atoms with Gasteiger partial charge in [-0.1, -0.05) is 29.8 Å². The fourth-order valence-electron chi connectivity index (χ4n) is 2.77. The van der Waals surface area contributed by atoms with Gasteiger partial charge in [-0.15, -0.1) is 0 Å². The highest BCUT2D eigenvalue weighted by Crippen LogP contribution is 2.35. The molecule has 0 radical (unpaired) electrons. The van der Waals surface area contributed by atoms with Gasteiger partial charge in [0.05, 0.1) is 15.6 Å². The first-order valence-electron chi connectivity index (χ1n) is 6.98. The number of rotatable bonds is 2. The highest BCUT2D eigenvalue weighted by atomic mass is 35.5. The van der Waals surface area contributed by atoms with Gasteiger partial charge in [0, 0.05) is 6.04 Å². The molecule has 1 heterocycles. The number of halogens is 2. The number of hydrogen-bond acceptors (Lipinski definition) is 2. The van der Waals surface area contributed by atoms with E-state index in [0.29, 0.717) is 5.69 Å². The fraction of sp³-hybridized carbons (Fsp3) is 0.250. The summed E-state index contributed by atoms with van der Waals surface area (Å²) in [5.41, 5.74) is 1.68. The number of fused-ring (bicyclic) bond motifs is 1. The SMILES string of the molecule is C[C@@H]1CCc2ccccc2N1S(=O)(=O)c1ccc(F)c(Cl)c1. The summed E-state index contributed by atoms with van der Waals surface area (Å²) in [4.78, 5) is 0.00227. The summed E-state index contributed by atoms with van der Waals surface area (Å²) in [6, 6.07) is 10.8. The first-order valence-corrected chi connectivity index (χ1v) is 8.80. The van der Waals surface area contributed by atoms with Crippen LogP contribution in [0.25, 0.3) is 0 Å². The minimum Gasteiger partial charge on any atom is -0.263 e. The van der Waals surface area contributed by atoms with Gasteiger partial charge < -0.3 is 0 Å². The van der Waals surface area contributed by atoms with Crippen molar-refractivity contribution < 1.29 is 12.8 Å². The minimum absolute atomic E-state index is 0.00227. The summed E-state index contributed by atoms with van der Waals surface area (Å²) >= 11 is 5.74. The van der Waals surface area contributed by atoms with Crippen molar-refractivity contribution in [2.75, 3.05) is 4.31 Å². The second-order valence-corrected chi connectivity index (χ2v) is 7.62. The Morgan fingerprint density at radius 1 is 1.23 bits per heavy atom. The minimum atomic E-state index is -3.78. The van der Waals surface area contributed by atoms with Crippen LogP contribution in [0, 0.1) is 5.82 Å². The number of para-hydroxylation sites is 1. The smallest absolute Gasteiger partial charge is 0.263 e. The Kier molecular flexibility index (Phi) is 3.87. The Hall–Kier alpha value is -1.59. The molecule has 0 aromatic heterocycles. The van der Waals surface area contributed by atoms with E-state index in [9.17, 15) is 12.8 Å². The Balaban J connectivity index is 2.14. The molecule has 22 heavy (non-hydrogen) atoms. The number of anilines is 1. The molecular formula is C16H15ClFNO2S. The fourth-order valence-corrected chi connectivity index (χ4v) is 4.77. The Labute approximate surface area is 134 Å². The van der Waals surface area contributed by atoms with E-state index in [2.05, 4.69) is 0 Å². The van der Waals surface area contributed by atoms with Crippen molar-refractivity contribution in [3.8, 4) is 0 Å². The second kappa shape index (κ2) is 5.56. The van der Waals surface area contributed by atoms with Crippen LogP contribution in [0.4, 0.5) is 10.1 Å². The third-order valence-corrected chi connectivity index (χ3v) is 6.12. The number of aryl methyl sites for hydroxylation is 1. The standard InChI is InChI=1S/C16H15ClFNO2S/c1-11-6-7-12-4-2-3-5-16(12)19(11)22(20,21)13-8-9-15(18)14(17)10-13/h2-5,8-11H,6-7H2,1H3/t11-/m1/s1. The van der Waals surface area contributed by atoms with Crippen LogP contribution >= 0.6 is 11.6 Å². The lowest BCUT2D eigenvalue weighted by Crippen LogP contribution is -2.42. The van der Waals surface area contributed by atoms with Gasteiger partial charge in [0.2, 0.25) is 0 Å². The van der Waals surface area contributed by atoms with Crippen LogP contribution in [-0.4, -0.2) is 14.5 Å². The summed E-state index contributed by atoms with van der Waals surface area (Å²) in [6.07, 6.45) is 1.58. The van der Waals surface area contributed by atoms with Gasteiger partial charge >= 0.3 is 0 Å². The van der Waals surface area contributed by atoms with Crippen LogP contribution in [0.2, 0.25) is 5.02 Å². The zero-order valence-corrected chi connectivity index (χ0v) is 13.5. The largest absolute Gasteiger partial charge is 0.264 e. The lowest BCUT2D eigenvalue weighted by Gasteiger charge is -2.36. The van der Waals surface area contributed by atoms with E-state index < -0.39 is 15.8 Å². The summed E-state index contributed by atoms with van der Waals surface area (Å²) in [7, 11) is -3.78. The first kappa shape index (κ1) is 15.3. The van der Waals surface area contributed by atoms with Crippen molar-refractivity contribution in [3.05, 3.63) is 58.9 Å². The molecule has 1 aliphatic rings. The van der Waals surface area contributed by atoms with E-state index in [-0.39, 0.29) is 16.0 Å². The van der Waals surface area contributed by atoms with E-state index >= 15 is 0 Å². The van der Waals surface area contributed by atoms with Crippen molar-refractivity contribution >= 4 is 27.3 Å². The van der Waals surface area contributed by atoms with Crippen molar-refractivity contribution in [1.82, 2.24) is 0 Å². The Morgan fingerprint density at radius 3 is 2.68 bits per heavy atom. The predicted octanol–water partition coefficient (Wildman–Crippen LogP) is 4.01. The Bertz CT molecular complexity index is 823. The molecule has 116 valence electrons. The van der Waals surface area contributed by atoms with E-state index in [1.807, 2.05) is 25.1 Å². The number of nitrogens with zero attached hydrogens (tertiary/aromatic N) is 1. The number of hydrogen-bond donors (Lipinski definition) is 0. The molecule has 2 aromatic carbocycles. The normalized spacial score (nSPS) is 18.1. The van der Waals surface area contributed by atoms with Gasteiger partial charge in [-0.05, 0) is 49.6 Å². The molecule has 0 fully saturated rings. The molecular weight excluding hydrogens is 325 g/mol. The van der Waals surface area contributed by atoms with Crippen LogP contribution < -0.4 is 4.31 Å². The third kappa shape index (κ3) is 2.48. The average molecular weight is 340 g/mol. The van der Waals surface area contributed by atoms with Crippen LogP contribution in [0.15, 0.2) is 47.4 Å². The summed E-state index contributed by atoms with van der Waals surface area (Å²) in [6.45, 7) is 1.87. The monoisotopic (exact) mass is 339 g/mol. The van der Waals surface area contributed by atoms with E-state index in [4.69, 9.17) is 11.6 Å². The maximum Gasteiger partial charge on any atom is 0.264 e. The average Bonchev–Trinajstić information content (AvgIpc) is 2.49. The van der Waals surface area contributed by atoms with Gasteiger partial charge in [0.15, 0.2) is 0 Å². The predicted molar refractivity (Wildman–Crippen MR) is 85.3 cm³/mol. The molecule has 0 saturated heterocycles. The second-order valence-electron chi connectivity index (χ2n) is 5.39. The lowest BCUT2D eigenvalue weighted by atomic mass is 9.99. The molecule has 1 aliphatic heterocycles. The summed E-state index contributed by atoms with van der Waals surface area (Å²) in [5.74, 6) is -0.632. The van der Waals surface area contributed by atoms with Gasteiger partial charge in [-0.3, -0.25) is 4.31 Å². The van der Waals surface area contributed by atoms with Crippen LogP contribution in [-0.2, 0) is 16.4 Å². The maximum absolute atomic E-state index is 13.3. The Morgan fingerprint density at radius 2 is 1.95 bits per heavy atom. The van der Waals surface area contributed by atoms with Crippen LogP contribution in [0.3, 0.4) is 0 Å². The van der Waals surface area contributed by atoms with E-state index in [1.165, 1.54) is 10.4 Å². The van der Waals surface area contributed by atoms with Crippen molar-refractivity contribution in [1.29, 1.82) is 0 Å².